The number of nitrogens with zero attached hydrogens (tertiary/aromatic N) is 2. The second-order valence-corrected chi connectivity index (χ2v) is 14.5. The number of hydrogen-bond donors (Lipinski definition) is 0. The average molecular weight is 576 g/mol. The number of rotatable bonds is 7. The number of fused-ring (bicyclic) bond motifs is 6. The molecule has 0 saturated carbocycles. The molecular formula is C28H22N2O8P2. The summed E-state index contributed by atoms with van der Waals surface area (Å²) < 4.78 is 40.2. The Balaban J connectivity index is 1.22. The van der Waals surface area contributed by atoms with E-state index in [2.05, 4.69) is 0 Å². The van der Waals surface area contributed by atoms with Gasteiger partial charge in [-0.05, 0) is 48.2 Å². The van der Waals surface area contributed by atoms with Gasteiger partial charge in [-0.3, -0.25) is 29.4 Å². The maximum Gasteiger partial charge on any atom is 0.277 e. The van der Waals surface area contributed by atoms with Crippen molar-refractivity contribution in [3.8, 4) is 33.8 Å². The molecule has 0 amide bonds. The molecule has 0 bridgehead atoms. The Morgan fingerprint density at radius 2 is 0.975 bits per heavy atom. The molecule has 0 N–H and O–H groups in total. The molecule has 4 aromatic rings. The van der Waals surface area contributed by atoms with Crippen molar-refractivity contribution < 1.29 is 28.0 Å². The highest BCUT2D eigenvalue weighted by atomic mass is 31.2. The molecule has 2 heterocycles. The van der Waals surface area contributed by atoms with Crippen molar-refractivity contribution >= 4 is 36.7 Å². The normalized spacial score (nSPS) is 20.1. The minimum Gasteiger partial charge on any atom is -0.439 e. The minimum atomic E-state index is -3.36. The molecule has 2 unspecified atom stereocenters. The summed E-state index contributed by atoms with van der Waals surface area (Å²) in [5, 5.41) is 23.6. The molecular weight excluding hydrogens is 554 g/mol. The van der Waals surface area contributed by atoms with E-state index in [1.165, 1.54) is 36.4 Å². The summed E-state index contributed by atoms with van der Waals surface area (Å²) >= 11 is 0. The Bertz CT molecular complexity index is 1670. The highest BCUT2D eigenvalue weighted by Gasteiger charge is 2.38. The van der Waals surface area contributed by atoms with E-state index in [1.54, 1.807) is 48.5 Å². The first-order valence-corrected chi connectivity index (χ1v) is 16.1. The fourth-order valence-electron chi connectivity index (χ4n) is 5.23. The molecule has 40 heavy (non-hydrogen) atoms. The van der Waals surface area contributed by atoms with Crippen molar-refractivity contribution in [3.05, 3.63) is 105 Å². The molecule has 202 valence electrons. The number of non-ortho nitro benzene ring substituents is 2. The minimum absolute atomic E-state index is 0.0810. The van der Waals surface area contributed by atoms with Crippen LogP contribution >= 0.6 is 14.7 Å². The maximum absolute atomic E-state index is 14.1. The van der Waals surface area contributed by atoms with Gasteiger partial charge in [-0.15, -0.1) is 0 Å². The Labute approximate surface area is 228 Å². The smallest absolute Gasteiger partial charge is 0.277 e. The van der Waals surface area contributed by atoms with Crippen LogP contribution in [0.1, 0.15) is 12.8 Å². The second kappa shape index (κ2) is 9.73. The molecule has 0 spiro atoms. The van der Waals surface area contributed by atoms with Crippen LogP contribution in [0.2, 0.25) is 0 Å². The van der Waals surface area contributed by atoms with Crippen LogP contribution < -0.4 is 19.7 Å². The van der Waals surface area contributed by atoms with Crippen LogP contribution in [0.3, 0.4) is 0 Å². The average Bonchev–Trinajstić information content (AvgIpc) is 2.95. The first-order valence-electron chi connectivity index (χ1n) is 12.5. The van der Waals surface area contributed by atoms with Gasteiger partial charge in [0.2, 0.25) is 0 Å². The summed E-state index contributed by atoms with van der Waals surface area (Å²) in [5.41, 5.74) is 2.15. The Morgan fingerprint density at radius 3 is 1.38 bits per heavy atom. The van der Waals surface area contributed by atoms with Crippen molar-refractivity contribution in [2.75, 3.05) is 12.3 Å². The largest absolute Gasteiger partial charge is 0.439 e. The predicted octanol–water partition coefficient (Wildman–Crippen LogP) is 6.91. The molecule has 10 nitrogen and oxygen atoms in total. The van der Waals surface area contributed by atoms with Crippen LogP contribution in [0.25, 0.3) is 22.3 Å². The number of benzene rings is 4. The summed E-state index contributed by atoms with van der Waals surface area (Å²) in [7, 11) is -6.73. The first-order chi connectivity index (χ1) is 19.2. The molecule has 6 rings (SSSR count). The molecule has 4 aromatic carbocycles. The Hall–Kier alpha value is -4.26. The number of nitro groups is 2. The van der Waals surface area contributed by atoms with Gasteiger partial charge in [0.1, 0.15) is 11.5 Å². The van der Waals surface area contributed by atoms with Gasteiger partial charge in [0.25, 0.3) is 26.1 Å². The van der Waals surface area contributed by atoms with E-state index in [0.29, 0.717) is 57.2 Å². The Morgan fingerprint density at radius 1 is 0.575 bits per heavy atom. The second-order valence-electron chi connectivity index (χ2n) is 9.59. The van der Waals surface area contributed by atoms with Gasteiger partial charge in [-0.1, -0.05) is 36.4 Å². The molecule has 2 aliphatic rings. The summed E-state index contributed by atoms with van der Waals surface area (Å²) in [6.07, 6.45) is 1.23. The number of hydrogen-bond acceptors (Lipinski definition) is 8. The lowest BCUT2D eigenvalue weighted by atomic mass is 10.0. The van der Waals surface area contributed by atoms with Gasteiger partial charge in [0.15, 0.2) is 0 Å². The highest BCUT2D eigenvalue weighted by Crippen LogP contribution is 2.58. The molecule has 0 saturated heterocycles. The van der Waals surface area contributed by atoms with E-state index in [0.717, 1.165) is 0 Å². The zero-order chi connectivity index (χ0) is 28.1. The summed E-state index contributed by atoms with van der Waals surface area (Å²) in [6, 6.07) is 22.5. The maximum atomic E-state index is 14.1. The van der Waals surface area contributed by atoms with Crippen molar-refractivity contribution in [1.29, 1.82) is 0 Å². The van der Waals surface area contributed by atoms with E-state index in [-0.39, 0.29) is 23.7 Å². The highest BCUT2D eigenvalue weighted by molar-refractivity contribution is 7.68. The molecule has 0 fully saturated rings. The van der Waals surface area contributed by atoms with E-state index < -0.39 is 24.6 Å². The van der Waals surface area contributed by atoms with Gasteiger partial charge in [-0.25, -0.2) is 0 Å². The van der Waals surface area contributed by atoms with Gasteiger partial charge in [0.05, 0.1) is 20.5 Å². The lowest BCUT2D eigenvalue weighted by Crippen LogP contribution is -2.21. The molecule has 0 aromatic heterocycles. The summed E-state index contributed by atoms with van der Waals surface area (Å²) in [5.74, 6) is 0.659. The van der Waals surface area contributed by atoms with Crippen LogP contribution in [-0.2, 0) is 9.13 Å². The fraction of sp³-hybridized carbons (Fsp3) is 0.143. The third kappa shape index (κ3) is 4.39. The predicted molar refractivity (Wildman–Crippen MR) is 152 cm³/mol. The third-order valence-electron chi connectivity index (χ3n) is 7.12. The fourth-order valence-corrected chi connectivity index (χ4v) is 10.1. The summed E-state index contributed by atoms with van der Waals surface area (Å²) in [6.45, 7) is 0. The molecule has 2 aliphatic heterocycles. The van der Waals surface area contributed by atoms with Crippen molar-refractivity contribution in [1.82, 2.24) is 0 Å². The van der Waals surface area contributed by atoms with Crippen LogP contribution in [0, 0.1) is 20.2 Å². The van der Waals surface area contributed by atoms with Crippen LogP contribution in [-0.4, -0.2) is 22.2 Å². The van der Waals surface area contributed by atoms with E-state index in [9.17, 15) is 29.4 Å². The van der Waals surface area contributed by atoms with Crippen LogP contribution in [0.5, 0.6) is 11.5 Å². The van der Waals surface area contributed by atoms with Gasteiger partial charge in [-0.2, -0.15) is 0 Å². The number of nitro benzene ring substituents is 2. The van der Waals surface area contributed by atoms with Gasteiger partial charge < -0.3 is 9.05 Å². The molecule has 0 aliphatic carbocycles. The van der Waals surface area contributed by atoms with Crippen LogP contribution in [0.4, 0.5) is 11.4 Å². The Kier molecular flexibility index (Phi) is 6.32. The molecule has 12 heteroatoms. The SMILES string of the molecule is O=[N+]([O-])c1ccc2c(c1)-c1ccccc1P(=O)(CCCCP1(=O)Oc3ccc([N+](=O)[O-])cc3-c3ccccc31)O2. The van der Waals surface area contributed by atoms with Crippen LogP contribution in [0.15, 0.2) is 84.9 Å². The molecule has 2 atom stereocenters. The zero-order valence-electron chi connectivity index (χ0n) is 21.0. The monoisotopic (exact) mass is 576 g/mol. The quantitative estimate of drug-likeness (QED) is 0.100. The third-order valence-corrected chi connectivity index (χ3v) is 12.2. The van der Waals surface area contributed by atoms with Crippen molar-refractivity contribution in [3.63, 3.8) is 0 Å². The van der Waals surface area contributed by atoms with E-state index in [4.69, 9.17) is 9.05 Å². The van der Waals surface area contributed by atoms with E-state index in [1.807, 2.05) is 0 Å². The van der Waals surface area contributed by atoms with E-state index >= 15 is 0 Å². The number of unbranched alkanes of at least 4 members (excludes halogenated alkanes) is 1. The van der Waals surface area contributed by atoms with Crippen molar-refractivity contribution in [2.45, 2.75) is 12.8 Å². The first kappa shape index (κ1) is 26.0. The lowest BCUT2D eigenvalue weighted by Gasteiger charge is -2.30. The zero-order valence-corrected chi connectivity index (χ0v) is 22.8. The topological polar surface area (TPSA) is 139 Å². The van der Waals surface area contributed by atoms with Gasteiger partial charge >= 0.3 is 0 Å². The van der Waals surface area contributed by atoms with Gasteiger partial charge in [0, 0.05) is 47.7 Å². The standard InChI is InChI=1S/C28H22N2O8P2/c31-29(32)19-11-13-25-23(17-19)21-7-1-3-9-27(21)39(35,37-25)15-5-6-16-40(36)28-10-4-2-8-22(28)24-18-20(30(33)34)12-14-26(24)38-40/h1-4,7-14,17-18H,5-6,15-16H2. The molecule has 0 radical (unpaired) electrons. The van der Waals surface area contributed by atoms with Crippen molar-refractivity contribution in [2.24, 2.45) is 0 Å². The lowest BCUT2D eigenvalue weighted by molar-refractivity contribution is -0.385. The summed E-state index contributed by atoms with van der Waals surface area (Å²) in [4.78, 5) is 21.6.